The Hall–Kier alpha value is 0.0500. The average Bonchev–Trinajstić information content (AvgIpc) is 2.43. The van der Waals surface area contributed by atoms with Crippen LogP contribution >= 0.6 is 31.9 Å². The van der Waals surface area contributed by atoms with Crippen molar-refractivity contribution in [3.63, 3.8) is 0 Å². The van der Waals surface area contributed by atoms with Crippen LogP contribution in [0, 0.1) is 12.8 Å². The van der Waals surface area contributed by atoms with Crippen molar-refractivity contribution >= 4 is 41.9 Å². The molecule has 0 unspecified atom stereocenters. The van der Waals surface area contributed by atoms with E-state index in [4.69, 9.17) is 5.73 Å². The Kier molecular flexibility index (Phi) is 5.87. The number of aryl methyl sites for hydroxylation is 1. The van der Waals surface area contributed by atoms with Crippen molar-refractivity contribution in [1.29, 1.82) is 0 Å². The number of sulfonamides is 1. The van der Waals surface area contributed by atoms with Gasteiger partial charge in [-0.2, -0.15) is 4.31 Å². The molecule has 1 aromatic rings. The molecule has 7 heteroatoms. The summed E-state index contributed by atoms with van der Waals surface area (Å²) in [5.74, 6) is 0.551. The second-order valence-electron chi connectivity index (χ2n) is 5.46. The fourth-order valence-electron chi connectivity index (χ4n) is 2.64. The molecule has 0 aromatic heterocycles. The fraction of sp³-hybridized carbons (Fsp3) is 0.571. The molecule has 0 bridgehead atoms. The number of piperidine rings is 1. The first-order chi connectivity index (χ1) is 9.86. The van der Waals surface area contributed by atoms with Gasteiger partial charge in [-0.25, -0.2) is 8.42 Å². The van der Waals surface area contributed by atoms with Crippen molar-refractivity contribution in [2.75, 3.05) is 19.6 Å². The number of halogens is 2. The second kappa shape index (κ2) is 7.08. The van der Waals surface area contributed by atoms with E-state index in [2.05, 4.69) is 31.9 Å². The van der Waals surface area contributed by atoms with Crippen LogP contribution in [0.15, 0.2) is 26.0 Å². The van der Waals surface area contributed by atoms with Crippen molar-refractivity contribution in [3.05, 3.63) is 26.6 Å². The summed E-state index contributed by atoms with van der Waals surface area (Å²) in [6.07, 6.45) is 2.76. The average molecular weight is 440 g/mol. The second-order valence-corrected chi connectivity index (χ2v) is 9.07. The number of nitrogens with two attached hydrogens (primary N) is 1. The van der Waals surface area contributed by atoms with E-state index in [0.29, 0.717) is 34.9 Å². The Bertz CT molecular complexity index is 612. The summed E-state index contributed by atoms with van der Waals surface area (Å²) in [6.45, 7) is 3.76. The molecule has 0 radical (unpaired) electrons. The predicted octanol–water partition coefficient (Wildman–Crippen LogP) is 3.27. The molecule has 1 aromatic carbocycles. The van der Waals surface area contributed by atoms with E-state index < -0.39 is 10.0 Å². The maximum Gasteiger partial charge on any atom is 0.244 e. The van der Waals surface area contributed by atoms with E-state index in [1.807, 2.05) is 13.0 Å². The number of nitrogens with zero attached hydrogens (tertiary/aromatic N) is 1. The third-order valence-corrected chi connectivity index (χ3v) is 7.69. The van der Waals surface area contributed by atoms with Crippen molar-refractivity contribution in [3.8, 4) is 0 Å². The first-order valence-electron chi connectivity index (χ1n) is 7.02. The molecule has 1 fully saturated rings. The molecule has 2 N–H and O–H groups in total. The van der Waals surface area contributed by atoms with Crippen LogP contribution in [0.2, 0.25) is 0 Å². The van der Waals surface area contributed by atoms with Gasteiger partial charge in [-0.15, -0.1) is 0 Å². The van der Waals surface area contributed by atoms with Gasteiger partial charge < -0.3 is 5.73 Å². The predicted molar refractivity (Wildman–Crippen MR) is 91.7 cm³/mol. The number of hydrogen-bond acceptors (Lipinski definition) is 3. The highest BCUT2D eigenvalue weighted by Gasteiger charge is 2.30. The molecule has 1 aliphatic heterocycles. The SMILES string of the molecule is Cc1cc(Br)c(S(=O)(=O)N2CCC(CCN)CC2)cc1Br. The molecule has 2 rings (SSSR count). The maximum atomic E-state index is 12.8. The summed E-state index contributed by atoms with van der Waals surface area (Å²) in [4.78, 5) is 0.331. The summed E-state index contributed by atoms with van der Waals surface area (Å²) in [7, 11) is -3.45. The van der Waals surface area contributed by atoms with E-state index in [0.717, 1.165) is 29.3 Å². The van der Waals surface area contributed by atoms with Crippen LogP contribution < -0.4 is 5.73 Å². The van der Waals surface area contributed by atoms with Crippen molar-refractivity contribution < 1.29 is 8.42 Å². The van der Waals surface area contributed by atoms with Gasteiger partial charge in [0.05, 0.1) is 4.90 Å². The number of rotatable bonds is 4. The van der Waals surface area contributed by atoms with Crippen molar-refractivity contribution in [2.24, 2.45) is 11.7 Å². The Balaban J connectivity index is 2.22. The van der Waals surface area contributed by atoms with E-state index in [-0.39, 0.29) is 0 Å². The summed E-state index contributed by atoms with van der Waals surface area (Å²) in [5, 5.41) is 0. The molecule has 21 heavy (non-hydrogen) atoms. The van der Waals surface area contributed by atoms with E-state index in [9.17, 15) is 8.42 Å². The van der Waals surface area contributed by atoms with Gasteiger partial charge >= 0.3 is 0 Å². The summed E-state index contributed by atoms with van der Waals surface area (Å²) >= 11 is 6.79. The zero-order valence-electron chi connectivity index (χ0n) is 12.0. The lowest BCUT2D eigenvalue weighted by Gasteiger charge is -2.31. The van der Waals surface area contributed by atoms with Gasteiger partial charge in [-0.1, -0.05) is 15.9 Å². The smallest absolute Gasteiger partial charge is 0.244 e. The Morgan fingerprint density at radius 3 is 2.43 bits per heavy atom. The molecule has 4 nitrogen and oxygen atoms in total. The molecule has 0 aliphatic carbocycles. The molecule has 1 aliphatic rings. The van der Waals surface area contributed by atoms with Gasteiger partial charge in [0.25, 0.3) is 0 Å². The molecule has 118 valence electrons. The summed E-state index contributed by atoms with van der Waals surface area (Å²) in [6, 6.07) is 3.51. The molecule has 0 amide bonds. The lowest BCUT2D eigenvalue weighted by Crippen LogP contribution is -2.39. The van der Waals surface area contributed by atoms with E-state index in [1.54, 1.807) is 10.4 Å². The van der Waals surface area contributed by atoms with Gasteiger partial charge in [-0.05, 0) is 72.3 Å². The van der Waals surface area contributed by atoms with E-state index in [1.165, 1.54) is 0 Å². The minimum Gasteiger partial charge on any atom is -0.330 e. The highest BCUT2D eigenvalue weighted by molar-refractivity contribution is 9.11. The molecule has 1 heterocycles. The lowest BCUT2D eigenvalue weighted by atomic mass is 9.95. The minimum atomic E-state index is -3.45. The number of benzene rings is 1. The quantitative estimate of drug-likeness (QED) is 0.782. The van der Waals surface area contributed by atoms with Crippen LogP contribution in [0.1, 0.15) is 24.8 Å². The third-order valence-electron chi connectivity index (χ3n) is 3.98. The normalized spacial score (nSPS) is 18.1. The van der Waals surface area contributed by atoms with Gasteiger partial charge in [-0.3, -0.25) is 0 Å². The summed E-state index contributed by atoms with van der Waals surface area (Å²) in [5.41, 5.74) is 6.58. The Morgan fingerprint density at radius 1 is 1.24 bits per heavy atom. The first-order valence-corrected chi connectivity index (χ1v) is 10.0. The standard InChI is InChI=1S/C14H20Br2N2O2S/c1-10-8-13(16)14(9-12(10)15)21(19,20)18-6-3-11(2-5-17)4-7-18/h8-9,11H,2-7,17H2,1H3. The van der Waals surface area contributed by atoms with Gasteiger partial charge in [0.1, 0.15) is 0 Å². The number of hydrogen-bond donors (Lipinski definition) is 1. The lowest BCUT2D eigenvalue weighted by molar-refractivity contribution is 0.265. The van der Waals surface area contributed by atoms with Crippen LogP contribution in [0.4, 0.5) is 0 Å². The highest BCUT2D eigenvalue weighted by Crippen LogP contribution is 2.32. The largest absolute Gasteiger partial charge is 0.330 e. The van der Waals surface area contributed by atoms with Gasteiger partial charge in [0, 0.05) is 22.0 Å². The zero-order valence-corrected chi connectivity index (χ0v) is 16.0. The first kappa shape index (κ1) is 17.4. The fourth-order valence-corrected chi connectivity index (χ4v) is 5.75. The monoisotopic (exact) mass is 438 g/mol. The van der Waals surface area contributed by atoms with Crippen molar-refractivity contribution in [1.82, 2.24) is 4.31 Å². The van der Waals surface area contributed by atoms with Gasteiger partial charge in [0.2, 0.25) is 10.0 Å². The van der Waals surface area contributed by atoms with Gasteiger partial charge in [0.15, 0.2) is 0 Å². The Labute approximate surface area is 143 Å². The molecular weight excluding hydrogens is 420 g/mol. The molecule has 0 atom stereocenters. The maximum absolute atomic E-state index is 12.8. The van der Waals surface area contributed by atoms with Crippen LogP contribution in [0.3, 0.4) is 0 Å². The zero-order chi connectivity index (χ0) is 15.6. The Morgan fingerprint density at radius 2 is 1.86 bits per heavy atom. The third kappa shape index (κ3) is 3.88. The molecular formula is C14H20Br2N2O2S. The minimum absolute atomic E-state index is 0.331. The summed E-state index contributed by atoms with van der Waals surface area (Å²) < 4.78 is 28.6. The van der Waals surface area contributed by atoms with E-state index >= 15 is 0 Å². The van der Waals surface area contributed by atoms with Crippen LogP contribution in [-0.4, -0.2) is 32.4 Å². The topological polar surface area (TPSA) is 63.4 Å². The van der Waals surface area contributed by atoms with Crippen LogP contribution in [0.5, 0.6) is 0 Å². The van der Waals surface area contributed by atoms with Crippen molar-refractivity contribution in [2.45, 2.75) is 31.1 Å². The molecule has 0 spiro atoms. The molecule has 1 saturated heterocycles. The van der Waals surface area contributed by atoms with Crippen LogP contribution in [0.25, 0.3) is 0 Å². The van der Waals surface area contributed by atoms with Crippen LogP contribution in [-0.2, 0) is 10.0 Å². The highest BCUT2D eigenvalue weighted by atomic mass is 79.9. The molecule has 0 saturated carbocycles.